The predicted octanol–water partition coefficient (Wildman–Crippen LogP) is 4.98. The summed E-state index contributed by atoms with van der Waals surface area (Å²) in [6, 6.07) is 8.07. The van der Waals surface area contributed by atoms with Crippen LogP contribution < -0.4 is 4.74 Å². The number of fused-ring (bicyclic) bond motifs is 1. The molecule has 152 valence electrons. The molecule has 1 aromatic carbocycles. The molecule has 0 atom stereocenters. The van der Waals surface area contributed by atoms with Gasteiger partial charge in [0.2, 0.25) is 5.82 Å². The molecular formula is C22H26ClN5O. The molecule has 7 heteroatoms. The first kappa shape index (κ1) is 21.1. The molecule has 0 aliphatic heterocycles. The number of aromatic nitrogens is 4. The molecule has 1 saturated carbocycles. The second-order valence-corrected chi connectivity index (χ2v) is 7.66. The number of nitriles is 1. The molecule has 0 N–H and O–H groups in total. The topological polar surface area (TPSA) is 76.6 Å². The Kier molecular flexibility index (Phi) is 6.71. The number of nitrogens with zero attached hydrogens (tertiary/aromatic N) is 5. The molecule has 1 aliphatic carbocycles. The lowest BCUT2D eigenvalue weighted by molar-refractivity contribution is 0.245. The molecule has 3 aromatic rings. The summed E-state index contributed by atoms with van der Waals surface area (Å²) in [4.78, 5) is 13.1. The van der Waals surface area contributed by atoms with Crippen molar-refractivity contribution in [2.45, 2.75) is 45.4 Å². The van der Waals surface area contributed by atoms with Gasteiger partial charge >= 0.3 is 0 Å². The molecule has 1 fully saturated rings. The van der Waals surface area contributed by atoms with E-state index in [4.69, 9.17) is 4.74 Å². The minimum Gasteiger partial charge on any atom is -0.493 e. The van der Waals surface area contributed by atoms with Gasteiger partial charge in [0.1, 0.15) is 23.0 Å². The summed E-state index contributed by atoms with van der Waals surface area (Å²) in [6.07, 6.45) is 9.63. The number of hydrogen-bond donors (Lipinski definition) is 0. The Bertz CT molecular complexity index is 1030. The third-order valence-corrected chi connectivity index (χ3v) is 5.62. The summed E-state index contributed by atoms with van der Waals surface area (Å²) in [7, 11) is 1.86. The number of imidazole rings is 1. The minimum absolute atomic E-state index is 0. The number of benzene rings is 1. The van der Waals surface area contributed by atoms with E-state index in [0.717, 1.165) is 35.8 Å². The highest BCUT2D eigenvalue weighted by Gasteiger charge is 2.16. The zero-order chi connectivity index (χ0) is 19.5. The molecule has 0 bridgehead atoms. The van der Waals surface area contributed by atoms with Crippen LogP contribution in [0.5, 0.6) is 5.75 Å². The lowest BCUT2D eigenvalue weighted by atomic mass is 9.87. The minimum atomic E-state index is 0. The fourth-order valence-corrected chi connectivity index (χ4v) is 4.03. The van der Waals surface area contributed by atoms with Gasteiger partial charge in [-0.15, -0.1) is 12.4 Å². The van der Waals surface area contributed by atoms with Crippen molar-refractivity contribution < 1.29 is 4.74 Å². The zero-order valence-corrected chi connectivity index (χ0v) is 17.7. The highest BCUT2D eigenvalue weighted by molar-refractivity contribution is 5.87. The Morgan fingerprint density at radius 1 is 1.21 bits per heavy atom. The van der Waals surface area contributed by atoms with Gasteiger partial charge in [-0.3, -0.25) is 0 Å². The monoisotopic (exact) mass is 411 g/mol. The van der Waals surface area contributed by atoms with Crippen molar-refractivity contribution in [2.75, 3.05) is 6.61 Å². The van der Waals surface area contributed by atoms with Crippen molar-refractivity contribution in [3.63, 3.8) is 0 Å². The summed E-state index contributed by atoms with van der Waals surface area (Å²) >= 11 is 0. The van der Waals surface area contributed by atoms with Crippen LogP contribution in [0.4, 0.5) is 0 Å². The number of hydrogen-bond acceptors (Lipinski definition) is 5. The van der Waals surface area contributed by atoms with E-state index in [-0.39, 0.29) is 18.2 Å². The fourth-order valence-electron chi connectivity index (χ4n) is 4.03. The van der Waals surface area contributed by atoms with E-state index in [2.05, 4.69) is 15.0 Å². The highest BCUT2D eigenvalue weighted by atomic mass is 35.5. The van der Waals surface area contributed by atoms with Crippen LogP contribution in [0.1, 0.15) is 49.9 Å². The first-order valence-corrected chi connectivity index (χ1v) is 9.98. The van der Waals surface area contributed by atoms with E-state index < -0.39 is 0 Å². The predicted molar refractivity (Wildman–Crippen MR) is 115 cm³/mol. The van der Waals surface area contributed by atoms with Crippen LogP contribution in [0.2, 0.25) is 0 Å². The van der Waals surface area contributed by atoms with Crippen LogP contribution in [0.15, 0.2) is 24.5 Å². The highest BCUT2D eigenvalue weighted by Crippen LogP contribution is 2.30. The van der Waals surface area contributed by atoms with E-state index in [1.165, 1.54) is 32.1 Å². The number of halogens is 1. The van der Waals surface area contributed by atoms with Gasteiger partial charge in [-0.1, -0.05) is 32.1 Å². The molecule has 1 aliphatic rings. The number of aryl methyl sites for hydroxylation is 2. The Labute approximate surface area is 177 Å². The lowest BCUT2D eigenvalue weighted by Crippen LogP contribution is -2.11. The fraction of sp³-hybridized carbons (Fsp3) is 0.455. The molecule has 0 radical (unpaired) electrons. The zero-order valence-electron chi connectivity index (χ0n) is 16.9. The van der Waals surface area contributed by atoms with Crippen molar-refractivity contribution in [3.8, 4) is 23.1 Å². The normalized spacial score (nSPS) is 14.4. The standard InChI is InChI=1S/C22H25N5O.ClH/c1-15-12-17(8-9-18(15)28-11-10-16-6-4-3-5-7-16)20-21-22(27(2)14-24-21)26-19(13-23)25-20;/h8-9,12,14,16H,3-7,10-11H2,1-2H3;1H. The molecule has 0 spiro atoms. The van der Waals surface area contributed by atoms with Crippen molar-refractivity contribution in [3.05, 3.63) is 35.9 Å². The largest absolute Gasteiger partial charge is 0.493 e. The van der Waals surface area contributed by atoms with Gasteiger partial charge in [0.05, 0.1) is 12.9 Å². The lowest BCUT2D eigenvalue weighted by Gasteiger charge is -2.21. The molecule has 2 heterocycles. The van der Waals surface area contributed by atoms with Gasteiger partial charge in [-0.2, -0.15) is 10.2 Å². The van der Waals surface area contributed by atoms with Crippen LogP contribution in [-0.4, -0.2) is 26.1 Å². The van der Waals surface area contributed by atoms with Gasteiger partial charge in [0.15, 0.2) is 5.65 Å². The van der Waals surface area contributed by atoms with Gasteiger partial charge in [0.25, 0.3) is 0 Å². The third kappa shape index (κ3) is 4.51. The van der Waals surface area contributed by atoms with Gasteiger partial charge in [-0.05, 0) is 43.0 Å². The first-order chi connectivity index (χ1) is 13.7. The van der Waals surface area contributed by atoms with Crippen LogP contribution in [-0.2, 0) is 7.05 Å². The maximum absolute atomic E-state index is 9.28. The van der Waals surface area contributed by atoms with Crippen LogP contribution in [0.25, 0.3) is 22.4 Å². The average Bonchev–Trinajstić information content (AvgIpc) is 3.10. The van der Waals surface area contributed by atoms with Gasteiger partial charge in [-0.25, -0.2) is 9.97 Å². The molecule has 6 nitrogen and oxygen atoms in total. The Morgan fingerprint density at radius 2 is 2.00 bits per heavy atom. The summed E-state index contributed by atoms with van der Waals surface area (Å²) < 4.78 is 7.86. The Morgan fingerprint density at radius 3 is 2.72 bits per heavy atom. The molecule has 0 amide bonds. The Hall–Kier alpha value is -2.65. The summed E-state index contributed by atoms with van der Waals surface area (Å²) in [5, 5.41) is 9.28. The summed E-state index contributed by atoms with van der Waals surface area (Å²) in [6.45, 7) is 2.81. The van der Waals surface area contributed by atoms with Gasteiger partial charge < -0.3 is 9.30 Å². The molecule has 0 unspecified atom stereocenters. The summed E-state index contributed by atoms with van der Waals surface area (Å²) in [5.74, 6) is 1.87. The molecule has 4 rings (SSSR count). The number of ether oxygens (including phenoxy) is 1. The quantitative estimate of drug-likeness (QED) is 0.591. The van der Waals surface area contributed by atoms with Gasteiger partial charge in [0, 0.05) is 12.6 Å². The van der Waals surface area contributed by atoms with Crippen LogP contribution in [0, 0.1) is 24.2 Å². The van der Waals surface area contributed by atoms with Crippen molar-refractivity contribution in [1.29, 1.82) is 5.26 Å². The first-order valence-electron chi connectivity index (χ1n) is 9.98. The van der Waals surface area contributed by atoms with E-state index in [1.54, 1.807) is 10.9 Å². The van der Waals surface area contributed by atoms with Crippen molar-refractivity contribution in [2.24, 2.45) is 13.0 Å². The second-order valence-electron chi connectivity index (χ2n) is 7.66. The molecule has 0 saturated heterocycles. The SMILES string of the molecule is Cc1cc(-c2nc(C#N)nc3c2ncn3C)ccc1OCCC1CCCCC1.Cl. The smallest absolute Gasteiger partial charge is 0.234 e. The average molecular weight is 412 g/mol. The summed E-state index contributed by atoms with van der Waals surface area (Å²) in [5.41, 5.74) is 4.01. The van der Waals surface area contributed by atoms with E-state index in [9.17, 15) is 5.26 Å². The Balaban J connectivity index is 0.00000240. The number of rotatable bonds is 5. The molecule has 29 heavy (non-hydrogen) atoms. The van der Waals surface area contributed by atoms with Crippen LogP contribution >= 0.6 is 12.4 Å². The van der Waals surface area contributed by atoms with Crippen molar-refractivity contribution >= 4 is 23.6 Å². The van der Waals surface area contributed by atoms with Crippen LogP contribution in [0.3, 0.4) is 0 Å². The van der Waals surface area contributed by atoms with Crippen molar-refractivity contribution in [1.82, 2.24) is 19.5 Å². The maximum Gasteiger partial charge on any atom is 0.234 e. The molecule has 2 aromatic heterocycles. The van der Waals surface area contributed by atoms with E-state index >= 15 is 0 Å². The van der Waals surface area contributed by atoms with E-state index in [1.807, 2.05) is 38.2 Å². The second kappa shape index (κ2) is 9.23. The maximum atomic E-state index is 9.28. The molecular weight excluding hydrogens is 386 g/mol. The third-order valence-electron chi connectivity index (χ3n) is 5.62. The van der Waals surface area contributed by atoms with E-state index in [0.29, 0.717) is 16.9 Å².